The van der Waals surface area contributed by atoms with Crippen LogP contribution in [0.3, 0.4) is 0 Å². The van der Waals surface area contributed by atoms with Gasteiger partial charge in [0.25, 0.3) is 0 Å². The van der Waals surface area contributed by atoms with Crippen molar-refractivity contribution in [3.63, 3.8) is 0 Å². The van der Waals surface area contributed by atoms with Crippen LogP contribution in [0.5, 0.6) is 0 Å². The lowest BCUT2D eigenvalue weighted by Crippen LogP contribution is -2.44. The van der Waals surface area contributed by atoms with Crippen molar-refractivity contribution in [2.45, 2.75) is 19.3 Å². The van der Waals surface area contributed by atoms with Crippen LogP contribution in [0.2, 0.25) is 0 Å². The maximum atomic E-state index is 6.27. The highest BCUT2D eigenvalue weighted by molar-refractivity contribution is 5.84. The minimum absolute atomic E-state index is 0.476. The zero-order chi connectivity index (χ0) is 21.7. The monoisotopic (exact) mass is 425 g/mol. The Bertz CT molecular complexity index is 1300. The van der Waals surface area contributed by atoms with Gasteiger partial charge < -0.3 is 15.5 Å². The molecule has 6 rings (SSSR count). The van der Waals surface area contributed by atoms with Crippen molar-refractivity contribution >= 4 is 22.8 Å². The average Bonchev–Trinajstić information content (AvgIpc) is 3.43. The second kappa shape index (κ2) is 7.60. The maximum Gasteiger partial charge on any atom is 0.167 e. The van der Waals surface area contributed by atoms with Gasteiger partial charge in [0.1, 0.15) is 17.2 Å². The molecule has 162 valence electrons. The molecule has 3 aromatic heterocycles. The molecule has 0 bridgehead atoms. The number of anilines is 2. The number of aromatic nitrogens is 4. The van der Waals surface area contributed by atoms with E-state index in [1.165, 1.54) is 17.5 Å². The van der Waals surface area contributed by atoms with Crippen molar-refractivity contribution in [1.29, 1.82) is 0 Å². The molecule has 32 heavy (non-hydrogen) atoms. The van der Waals surface area contributed by atoms with Crippen LogP contribution < -0.4 is 10.6 Å². The average molecular weight is 426 g/mol. The second-order valence-electron chi connectivity index (χ2n) is 8.82. The molecule has 4 heterocycles. The van der Waals surface area contributed by atoms with Crippen LogP contribution in [0, 0.1) is 0 Å². The van der Waals surface area contributed by atoms with E-state index >= 15 is 0 Å². The topological polar surface area (TPSA) is 76.1 Å². The fraction of sp³-hybridized carbons (Fsp3) is 0.320. The summed E-state index contributed by atoms with van der Waals surface area (Å²) in [5.41, 5.74) is 12.8. The lowest BCUT2D eigenvalue weighted by molar-refractivity contribution is 0.312. The van der Waals surface area contributed by atoms with Gasteiger partial charge >= 0.3 is 0 Å². The van der Waals surface area contributed by atoms with Crippen LogP contribution in [0.4, 0.5) is 11.6 Å². The van der Waals surface area contributed by atoms with Gasteiger partial charge in [0, 0.05) is 38.1 Å². The molecule has 4 aromatic rings. The van der Waals surface area contributed by atoms with Crippen LogP contribution >= 0.6 is 0 Å². The predicted octanol–water partition coefficient (Wildman–Crippen LogP) is 3.31. The van der Waals surface area contributed by atoms with Crippen molar-refractivity contribution in [2.75, 3.05) is 43.9 Å². The number of imidazole rings is 1. The molecule has 7 heteroatoms. The van der Waals surface area contributed by atoms with Gasteiger partial charge in [-0.25, -0.2) is 15.0 Å². The van der Waals surface area contributed by atoms with Crippen molar-refractivity contribution in [2.24, 2.45) is 0 Å². The van der Waals surface area contributed by atoms with Crippen LogP contribution in [0.15, 0.2) is 48.7 Å². The molecule has 0 unspecified atom stereocenters. The molecule has 0 atom stereocenters. The third-order valence-corrected chi connectivity index (χ3v) is 6.74. The number of fused-ring (bicyclic) bond motifs is 2. The van der Waals surface area contributed by atoms with Gasteiger partial charge in [-0.3, -0.25) is 4.57 Å². The highest BCUT2D eigenvalue weighted by Crippen LogP contribution is 2.33. The molecule has 1 aliphatic carbocycles. The highest BCUT2D eigenvalue weighted by atomic mass is 15.3. The summed E-state index contributed by atoms with van der Waals surface area (Å²) in [4.78, 5) is 19.1. The van der Waals surface area contributed by atoms with Gasteiger partial charge in [-0.2, -0.15) is 0 Å². The summed E-state index contributed by atoms with van der Waals surface area (Å²) < 4.78 is 2.15. The summed E-state index contributed by atoms with van der Waals surface area (Å²) in [6.45, 7) is 4.04. The first-order valence-corrected chi connectivity index (χ1v) is 11.3. The molecule has 2 N–H and O–H groups in total. The number of aryl methyl sites for hydroxylation is 2. The molecular weight excluding hydrogens is 398 g/mol. The number of hydrogen-bond donors (Lipinski definition) is 1. The summed E-state index contributed by atoms with van der Waals surface area (Å²) in [6.07, 6.45) is 5.22. The normalized spacial score (nSPS) is 16.6. The number of likely N-dealkylation sites (N-methyl/N-ethyl adjacent to an activating group) is 1. The first-order valence-electron chi connectivity index (χ1n) is 11.3. The molecule has 1 aromatic carbocycles. The summed E-state index contributed by atoms with van der Waals surface area (Å²) in [6, 6.07) is 14.8. The van der Waals surface area contributed by atoms with E-state index in [9.17, 15) is 0 Å². The molecule has 0 spiro atoms. The third-order valence-electron chi connectivity index (χ3n) is 6.74. The Morgan fingerprint density at radius 2 is 1.75 bits per heavy atom. The molecule has 1 fully saturated rings. The van der Waals surface area contributed by atoms with Crippen LogP contribution in [0.25, 0.3) is 28.2 Å². The summed E-state index contributed by atoms with van der Waals surface area (Å²) in [5, 5.41) is 0. The quantitative estimate of drug-likeness (QED) is 0.543. The van der Waals surface area contributed by atoms with Crippen molar-refractivity contribution < 1.29 is 0 Å². The second-order valence-corrected chi connectivity index (χ2v) is 8.82. The fourth-order valence-corrected chi connectivity index (χ4v) is 4.89. The zero-order valence-electron chi connectivity index (χ0n) is 18.3. The van der Waals surface area contributed by atoms with Gasteiger partial charge in [0.15, 0.2) is 11.5 Å². The van der Waals surface area contributed by atoms with Crippen molar-refractivity contribution in [3.05, 3.63) is 59.8 Å². The summed E-state index contributed by atoms with van der Waals surface area (Å²) >= 11 is 0. The van der Waals surface area contributed by atoms with Gasteiger partial charge in [-0.05, 0) is 73.8 Å². The minimum atomic E-state index is 0.476. The van der Waals surface area contributed by atoms with Gasteiger partial charge in [0.2, 0.25) is 0 Å². The Hall–Kier alpha value is -3.45. The number of piperazine rings is 1. The maximum absolute atomic E-state index is 6.27. The number of nitrogens with two attached hydrogens (primary N) is 1. The lowest BCUT2D eigenvalue weighted by atomic mass is 10.1. The Morgan fingerprint density at radius 1 is 0.906 bits per heavy atom. The SMILES string of the molecule is CN1CCN(c2ccc3nc(-c4cccnc4N)n(-c4ccc5c(c4)CCC5)c3n2)CC1. The van der Waals surface area contributed by atoms with E-state index in [0.717, 1.165) is 73.1 Å². The van der Waals surface area contributed by atoms with Crippen LogP contribution in [0.1, 0.15) is 17.5 Å². The predicted molar refractivity (Wildman–Crippen MR) is 128 cm³/mol. The Balaban J connectivity index is 1.55. The molecule has 0 amide bonds. The molecule has 1 aliphatic heterocycles. The van der Waals surface area contributed by atoms with Crippen molar-refractivity contribution in [3.8, 4) is 17.1 Å². The molecular formula is C25H27N7. The number of nitrogen functional groups attached to an aromatic ring is 1. The molecule has 7 nitrogen and oxygen atoms in total. The standard InChI is InChI=1S/C25H27N7/c1-30-12-14-31(15-13-30)22-10-9-21-25(29-22)32(19-8-7-17-4-2-5-18(17)16-19)24(28-21)20-6-3-11-27-23(20)26/h3,6-11,16H,2,4-5,12-15H2,1H3,(H2,26,27). The first kappa shape index (κ1) is 19.3. The zero-order valence-corrected chi connectivity index (χ0v) is 18.3. The van der Waals surface area contributed by atoms with Gasteiger partial charge in [0.05, 0.1) is 5.56 Å². The molecule has 0 radical (unpaired) electrons. The molecule has 2 aliphatic rings. The minimum Gasteiger partial charge on any atom is -0.383 e. The summed E-state index contributed by atoms with van der Waals surface area (Å²) in [5.74, 6) is 2.26. The van der Waals surface area contributed by atoms with Gasteiger partial charge in [-0.15, -0.1) is 0 Å². The van der Waals surface area contributed by atoms with E-state index in [2.05, 4.69) is 56.7 Å². The summed E-state index contributed by atoms with van der Waals surface area (Å²) in [7, 11) is 2.17. The van der Waals surface area contributed by atoms with Crippen LogP contribution in [-0.4, -0.2) is 57.6 Å². The third kappa shape index (κ3) is 3.20. The van der Waals surface area contributed by atoms with E-state index in [1.54, 1.807) is 6.20 Å². The Kier molecular flexibility index (Phi) is 4.57. The first-order chi connectivity index (χ1) is 15.7. The largest absolute Gasteiger partial charge is 0.383 e. The van der Waals surface area contributed by atoms with E-state index in [4.69, 9.17) is 15.7 Å². The van der Waals surface area contributed by atoms with E-state index in [-0.39, 0.29) is 0 Å². The highest BCUT2D eigenvalue weighted by Gasteiger charge is 2.22. The smallest absolute Gasteiger partial charge is 0.167 e. The van der Waals surface area contributed by atoms with E-state index in [0.29, 0.717) is 5.82 Å². The van der Waals surface area contributed by atoms with E-state index in [1.807, 2.05) is 12.1 Å². The number of pyridine rings is 2. The van der Waals surface area contributed by atoms with Crippen molar-refractivity contribution in [1.82, 2.24) is 24.4 Å². The number of hydrogen-bond acceptors (Lipinski definition) is 6. The Labute approximate surface area is 187 Å². The molecule has 0 saturated carbocycles. The van der Waals surface area contributed by atoms with Crippen LogP contribution in [-0.2, 0) is 12.8 Å². The Morgan fingerprint density at radius 3 is 2.59 bits per heavy atom. The fourth-order valence-electron chi connectivity index (χ4n) is 4.89. The van der Waals surface area contributed by atoms with Gasteiger partial charge in [-0.1, -0.05) is 6.07 Å². The lowest BCUT2D eigenvalue weighted by Gasteiger charge is -2.33. The number of nitrogens with zero attached hydrogens (tertiary/aromatic N) is 6. The van der Waals surface area contributed by atoms with E-state index < -0.39 is 0 Å². The number of rotatable bonds is 3. The number of benzene rings is 1. The molecule has 1 saturated heterocycles.